The molecule has 0 heterocycles. The Balaban J connectivity index is 2.21. The van der Waals surface area contributed by atoms with E-state index >= 15 is 0 Å². The molecule has 1 amide bonds. The zero-order valence-electron chi connectivity index (χ0n) is 14.2. The lowest BCUT2D eigenvalue weighted by Gasteiger charge is -2.17. The summed E-state index contributed by atoms with van der Waals surface area (Å²) in [5.41, 5.74) is 2.65. The van der Waals surface area contributed by atoms with Crippen molar-refractivity contribution in [3.8, 4) is 0 Å². The van der Waals surface area contributed by atoms with Crippen LogP contribution in [0.4, 0.5) is 8.78 Å². The number of esters is 1. The first-order chi connectivity index (χ1) is 11.8. The van der Waals surface area contributed by atoms with Crippen LogP contribution in [0.15, 0.2) is 36.4 Å². The summed E-state index contributed by atoms with van der Waals surface area (Å²) in [6.07, 6.45) is 0.197. The predicted molar refractivity (Wildman–Crippen MR) is 89.2 cm³/mol. The van der Waals surface area contributed by atoms with Crippen LogP contribution in [0.1, 0.15) is 27.0 Å². The average molecular weight is 347 g/mol. The lowest BCUT2D eigenvalue weighted by molar-refractivity contribution is -0.142. The number of methoxy groups -OCH3 is 1. The Hall–Kier alpha value is -2.76. The lowest BCUT2D eigenvalue weighted by Crippen LogP contribution is -2.43. The number of hydrogen-bond donors (Lipinski definition) is 1. The lowest BCUT2D eigenvalue weighted by atomic mass is 10.0. The maximum atomic E-state index is 13.7. The Kier molecular flexibility index (Phi) is 5.85. The number of aryl methyl sites for hydroxylation is 2. The van der Waals surface area contributed by atoms with Crippen molar-refractivity contribution < 1.29 is 23.1 Å². The van der Waals surface area contributed by atoms with Crippen molar-refractivity contribution in [1.82, 2.24) is 5.32 Å². The second-order valence-electron chi connectivity index (χ2n) is 5.80. The first kappa shape index (κ1) is 18.6. The van der Waals surface area contributed by atoms with Gasteiger partial charge in [0, 0.05) is 12.5 Å². The molecule has 0 radical (unpaired) electrons. The van der Waals surface area contributed by atoms with Gasteiger partial charge in [0.15, 0.2) is 0 Å². The highest BCUT2D eigenvalue weighted by Gasteiger charge is 2.24. The smallest absolute Gasteiger partial charge is 0.328 e. The minimum Gasteiger partial charge on any atom is -0.467 e. The summed E-state index contributed by atoms with van der Waals surface area (Å²) in [4.78, 5) is 24.2. The van der Waals surface area contributed by atoms with E-state index in [-0.39, 0.29) is 12.0 Å². The van der Waals surface area contributed by atoms with Gasteiger partial charge in [-0.3, -0.25) is 4.79 Å². The minimum atomic E-state index is -0.993. The van der Waals surface area contributed by atoms with Gasteiger partial charge in [-0.05, 0) is 42.7 Å². The number of halogens is 2. The first-order valence-corrected chi connectivity index (χ1v) is 7.71. The molecule has 0 aliphatic rings. The quantitative estimate of drug-likeness (QED) is 0.846. The predicted octanol–water partition coefficient (Wildman–Crippen LogP) is 3.10. The van der Waals surface area contributed by atoms with Crippen molar-refractivity contribution in [2.45, 2.75) is 26.3 Å². The number of nitrogens with one attached hydrogen (secondary N) is 1. The summed E-state index contributed by atoms with van der Waals surface area (Å²) < 4.78 is 31.4. The van der Waals surface area contributed by atoms with Crippen LogP contribution in [0.2, 0.25) is 0 Å². The number of carbonyl (C=O) groups excluding carboxylic acids is 2. The molecule has 1 N–H and O–H groups in total. The Morgan fingerprint density at radius 3 is 2.40 bits per heavy atom. The molecule has 6 heteroatoms. The molecule has 0 unspecified atom stereocenters. The van der Waals surface area contributed by atoms with E-state index in [2.05, 4.69) is 5.32 Å². The maximum absolute atomic E-state index is 13.7. The maximum Gasteiger partial charge on any atom is 0.328 e. The molecule has 2 aromatic carbocycles. The van der Waals surface area contributed by atoms with Crippen LogP contribution in [0.5, 0.6) is 0 Å². The zero-order valence-corrected chi connectivity index (χ0v) is 14.2. The fourth-order valence-electron chi connectivity index (χ4n) is 2.41. The van der Waals surface area contributed by atoms with Gasteiger partial charge >= 0.3 is 5.97 Å². The molecule has 0 spiro atoms. The molecule has 2 rings (SSSR count). The van der Waals surface area contributed by atoms with Gasteiger partial charge < -0.3 is 10.1 Å². The summed E-state index contributed by atoms with van der Waals surface area (Å²) in [6, 6.07) is 7.33. The molecule has 132 valence electrons. The van der Waals surface area contributed by atoms with Gasteiger partial charge in [-0.15, -0.1) is 0 Å². The molecular formula is C19H19F2NO3. The third-order valence-corrected chi connectivity index (χ3v) is 3.98. The van der Waals surface area contributed by atoms with Crippen LogP contribution in [-0.4, -0.2) is 25.0 Å². The summed E-state index contributed by atoms with van der Waals surface area (Å²) in [5.74, 6) is -3.23. The number of amides is 1. The van der Waals surface area contributed by atoms with Gasteiger partial charge in [-0.25, -0.2) is 13.6 Å². The van der Waals surface area contributed by atoms with Crippen molar-refractivity contribution in [2.75, 3.05) is 7.11 Å². The Morgan fingerprint density at radius 2 is 1.80 bits per heavy atom. The zero-order chi connectivity index (χ0) is 18.6. The molecule has 1 atom stereocenters. The van der Waals surface area contributed by atoms with E-state index in [1.165, 1.54) is 7.11 Å². The molecule has 0 aromatic heterocycles. The van der Waals surface area contributed by atoms with E-state index in [1.54, 1.807) is 0 Å². The Morgan fingerprint density at radius 1 is 1.08 bits per heavy atom. The minimum absolute atomic E-state index is 0.197. The van der Waals surface area contributed by atoms with Crippen molar-refractivity contribution in [1.29, 1.82) is 0 Å². The van der Waals surface area contributed by atoms with Gasteiger partial charge in [-0.2, -0.15) is 0 Å². The number of hydrogen-bond acceptors (Lipinski definition) is 3. The van der Waals surface area contributed by atoms with Crippen LogP contribution in [0.3, 0.4) is 0 Å². The van der Waals surface area contributed by atoms with E-state index in [9.17, 15) is 18.4 Å². The molecule has 4 nitrogen and oxygen atoms in total. The molecule has 0 saturated heterocycles. The van der Waals surface area contributed by atoms with Gasteiger partial charge in [0.25, 0.3) is 5.91 Å². The van der Waals surface area contributed by atoms with Crippen molar-refractivity contribution in [3.63, 3.8) is 0 Å². The molecule has 0 saturated carbocycles. The number of ether oxygens (including phenoxy) is 1. The SMILES string of the molecule is COC(=O)[C@@H](Cc1ccc(C)c(C)c1)NC(=O)c1ccc(F)cc1F. The fourth-order valence-corrected chi connectivity index (χ4v) is 2.41. The van der Waals surface area contributed by atoms with Crippen LogP contribution >= 0.6 is 0 Å². The van der Waals surface area contributed by atoms with E-state index in [1.807, 2.05) is 32.0 Å². The monoisotopic (exact) mass is 347 g/mol. The van der Waals surface area contributed by atoms with Crippen LogP contribution in [-0.2, 0) is 16.0 Å². The molecular weight excluding hydrogens is 328 g/mol. The molecule has 2 aromatic rings. The largest absolute Gasteiger partial charge is 0.467 e. The summed E-state index contributed by atoms with van der Waals surface area (Å²) in [6.45, 7) is 3.91. The van der Waals surface area contributed by atoms with E-state index in [0.717, 1.165) is 28.8 Å². The summed E-state index contributed by atoms with van der Waals surface area (Å²) in [7, 11) is 1.21. The van der Waals surface area contributed by atoms with Crippen molar-refractivity contribution in [3.05, 3.63) is 70.3 Å². The van der Waals surface area contributed by atoms with Crippen LogP contribution < -0.4 is 5.32 Å². The highest BCUT2D eigenvalue weighted by Crippen LogP contribution is 2.14. The van der Waals surface area contributed by atoms with Crippen molar-refractivity contribution in [2.24, 2.45) is 0 Å². The van der Waals surface area contributed by atoms with Gasteiger partial charge in [0.1, 0.15) is 17.7 Å². The van der Waals surface area contributed by atoms with Crippen LogP contribution in [0, 0.1) is 25.5 Å². The van der Waals surface area contributed by atoms with E-state index < -0.39 is 29.6 Å². The number of benzene rings is 2. The molecule has 0 bridgehead atoms. The first-order valence-electron chi connectivity index (χ1n) is 7.71. The third kappa shape index (κ3) is 4.62. The topological polar surface area (TPSA) is 55.4 Å². The summed E-state index contributed by atoms with van der Waals surface area (Å²) in [5, 5.41) is 2.45. The normalized spacial score (nSPS) is 11.7. The average Bonchev–Trinajstić information content (AvgIpc) is 2.56. The fraction of sp³-hybridized carbons (Fsp3) is 0.263. The molecule has 0 fully saturated rings. The second kappa shape index (κ2) is 7.88. The molecule has 0 aliphatic carbocycles. The molecule has 0 aliphatic heterocycles. The highest BCUT2D eigenvalue weighted by molar-refractivity contribution is 5.97. The van der Waals surface area contributed by atoms with Crippen molar-refractivity contribution >= 4 is 11.9 Å². The highest BCUT2D eigenvalue weighted by atomic mass is 19.1. The van der Waals surface area contributed by atoms with Gasteiger partial charge in [-0.1, -0.05) is 18.2 Å². The standard InChI is InChI=1S/C19H19F2NO3/c1-11-4-5-13(8-12(11)2)9-17(19(24)25-3)22-18(23)15-7-6-14(20)10-16(15)21/h4-8,10,17H,9H2,1-3H3,(H,22,23)/t17-/m1/s1. The summed E-state index contributed by atoms with van der Waals surface area (Å²) >= 11 is 0. The van der Waals surface area contributed by atoms with Crippen LogP contribution in [0.25, 0.3) is 0 Å². The van der Waals surface area contributed by atoms with E-state index in [4.69, 9.17) is 4.74 Å². The third-order valence-electron chi connectivity index (χ3n) is 3.98. The number of rotatable bonds is 5. The molecule has 25 heavy (non-hydrogen) atoms. The Bertz CT molecular complexity index is 805. The van der Waals surface area contributed by atoms with Gasteiger partial charge in [0.2, 0.25) is 0 Å². The number of carbonyl (C=O) groups is 2. The Labute approximate surface area is 144 Å². The van der Waals surface area contributed by atoms with E-state index in [0.29, 0.717) is 6.07 Å². The van der Waals surface area contributed by atoms with Gasteiger partial charge in [0.05, 0.1) is 12.7 Å². The second-order valence-corrected chi connectivity index (χ2v) is 5.80.